The van der Waals surface area contributed by atoms with Crippen molar-refractivity contribution >= 4 is 27.7 Å². The number of methoxy groups -OCH3 is 1. The number of nitrogens with one attached hydrogen (secondary N) is 1. The Morgan fingerprint density at radius 2 is 2.24 bits per heavy atom. The molecule has 1 N–H and O–H groups in total. The maximum Gasteiger partial charge on any atom is 0.513 e. The number of aromatic amines is 1. The Morgan fingerprint density at radius 1 is 1.47 bits per heavy atom. The molecular weight excluding hydrogens is 242 g/mol. The number of hydrogen-bond donors (Lipinski definition) is 1. The van der Waals surface area contributed by atoms with Gasteiger partial charge in [-0.2, -0.15) is 0 Å². The average molecular weight is 253 g/mol. The second-order valence-corrected chi connectivity index (χ2v) is 4.35. The first-order chi connectivity index (χ1) is 8.15. The van der Waals surface area contributed by atoms with Crippen LogP contribution in [0.4, 0.5) is 4.79 Å². The summed E-state index contributed by atoms with van der Waals surface area (Å²) in [6, 6.07) is 3.41. The molecule has 0 fully saturated rings. The van der Waals surface area contributed by atoms with Gasteiger partial charge in [0.15, 0.2) is 0 Å². The summed E-state index contributed by atoms with van der Waals surface area (Å²) in [6.07, 6.45) is -0.118. The van der Waals surface area contributed by atoms with Gasteiger partial charge in [0.25, 0.3) is 0 Å². The minimum absolute atomic E-state index is 0.120. The average Bonchev–Trinajstić information content (AvgIpc) is 2.69. The number of fused-ring (bicyclic) bond motifs is 1. The first-order valence-electron chi connectivity index (χ1n) is 5.06. The van der Waals surface area contributed by atoms with E-state index < -0.39 is 6.16 Å². The highest BCUT2D eigenvalue weighted by Crippen LogP contribution is 2.28. The van der Waals surface area contributed by atoms with Gasteiger partial charge in [0.2, 0.25) is 0 Å². The quantitative estimate of drug-likeness (QED) is 0.658. The van der Waals surface area contributed by atoms with Gasteiger partial charge >= 0.3 is 11.0 Å². The normalized spacial score (nSPS) is 10.5. The van der Waals surface area contributed by atoms with Crippen molar-refractivity contribution in [1.29, 1.82) is 0 Å². The van der Waals surface area contributed by atoms with Crippen LogP contribution in [0.25, 0.3) is 10.2 Å². The van der Waals surface area contributed by atoms with Crippen molar-refractivity contribution in [3.05, 3.63) is 27.4 Å². The molecule has 1 heterocycles. The van der Waals surface area contributed by atoms with E-state index in [1.54, 1.807) is 12.1 Å². The fraction of sp³-hybridized carbons (Fsp3) is 0.273. The van der Waals surface area contributed by atoms with Crippen LogP contribution in [0.2, 0.25) is 0 Å². The van der Waals surface area contributed by atoms with Crippen molar-refractivity contribution in [1.82, 2.24) is 4.98 Å². The van der Waals surface area contributed by atoms with Gasteiger partial charge in [0.1, 0.15) is 5.75 Å². The summed E-state index contributed by atoms with van der Waals surface area (Å²) < 4.78 is 10.3. The van der Waals surface area contributed by atoms with Gasteiger partial charge in [-0.1, -0.05) is 18.3 Å². The summed E-state index contributed by atoms with van der Waals surface area (Å²) in [5.41, 5.74) is 1.52. The van der Waals surface area contributed by atoms with Crippen molar-refractivity contribution in [2.24, 2.45) is 0 Å². The SMILES string of the molecule is CCc1c(OC(=O)OC)ccc2sc(=O)[nH]c12. The van der Waals surface area contributed by atoms with E-state index >= 15 is 0 Å². The summed E-state index contributed by atoms with van der Waals surface area (Å²) in [7, 11) is 1.25. The zero-order valence-corrected chi connectivity index (χ0v) is 10.2. The summed E-state index contributed by atoms with van der Waals surface area (Å²) >= 11 is 1.13. The number of carbonyl (C=O) groups is 1. The Labute approximate surface area is 101 Å². The van der Waals surface area contributed by atoms with Crippen LogP contribution in [0.5, 0.6) is 5.75 Å². The Morgan fingerprint density at radius 3 is 2.88 bits per heavy atom. The Bertz CT molecular complexity index is 613. The van der Waals surface area contributed by atoms with Crippen LogP contribution in [0.1, 0.15) is 12.5 Å². The monoisotopic (exact) mass is 253 g/mol. The lowest BCUT2D eigenvalue weighted by Crippen LogP contribution is -2.09. The Hall–Kier alpha value is -1.82. The molecule has 17 heavy (non-hydrogen) atoms. The minimum Gasteiger partial charge on any atom is -0.437 e. The number of benzene rings is 1. The van der Waals surface area contributed by atoms with Crippen LogP contribution in [0, 0.1) is 0 Å². The predicted octanol–water partition coefficient (Wildman–Crippen LogP) is 2.30. The van der Waals surface area contributed by atoms with E-state index in [1.807, 2.05) is 6.92 Å². The van der Waals surface area contributed by atoms with Crippen molar-refractivity contribution in [3.63, 3.8) is 0 Å². The zero-order chi connectivity index (χ0) is 12.4. The van der Waals surface area contributed by atoms with E-state index in [1.165, 1.54) is 7.11 Å². The predicted molar refractivity (Wildman–Crippen MR) is 64.9 cm³/mol. The molecule has 0 saturated carbocycles. The summed E-state index contributed by atoms with van der Waals surface area (Å²) in [4.78, 5) is 25.0. The Kier molecular flexibility index (Phi) is 3.14. The lowest BCUT2D eigenvalue weighted by atomic mass is 10.1. The molecule has 1 aromatic carbocycles. The van der Waals surface area contributed by atoms with Crippen molar-refractivity contribution in [2.75, 3.05) is 7.11 Å². The fourth-order valence-electron chi connectivity index (χ4n) is 1.63. The second kappa shape index (κ2) is 4.58. The fourth-order valence-corrected chi connectivity index (χ4v) is 2.40. The first kappa shape index (κ1) is 11.7. The highest BCUT2D eigenvalue weighted by Gasteiger charge is 2.13. The molecule has 0 aliphatic carbocycles. The van der Waals surface area contributed by atoms with E-state index in [-0.39, 0.29) is 4.87 Å². The van der Waals surface area contributed by atoms with E-state index in [0.717, 1.165) is 27.1 Å². The van der Waals surface area contributed by atoms with Crippen LogP contribution >= 0.6 is 11.3 Å². The third-order valence-corrected chi connectivity index (χ3v) is 3.22. The van der Waals surface area contributed by atoms with Crippen LogP contribution in [-0.2, 0) is 11.2 Å². The Balaban J connectivity index is 2.56. The molecule has 0 bridgehead atoms. The number of ether oxygens (including phenoxy) is 2. The van der Waals surface area contributed by atoms with Crippen LogP contribution in [0.3, 0.4) is 0 Å². The number of rotatable bonds is 2. The van der Waals surface area contributed by atoms with Gasteiger partial charge in [-0.25, -0.2) is 4.79 Å². The molecule has 0 aliphatic heterocycles. The van der Waals surface area contributed by atoms with Gasteiger partial charge in [0, 0.05) is 5.56 Å². The molecule has 0 atom stereocenters. The molecule has 6 heteroatoms. The van der Waals surface area contributed by atoms with E-state index in [2.05, 4.69) is 9.72 Å². The van der Waals surface area contributed by atoms with Gasteiger partial charge in [-0.05, 0) is 18.6 Å². The maximum atomic E-state index is 11.3. The molecule has 0 radical (unpaired) electrons. The highest BCUT2D eigenvalue weighted by atomic mass is 32.1. The second-order valence-electron chi connectivity index (χ2n) is 3.34. The third-order valence-electron chi connectivity index (χ3n) is 2.37. The molecule has 0 unspecified atom stereocenters. The molecule has 0 aliphatic rings. The lowest BCUT2D eigenvalue weighted by molar-refractivity contribution is 0.121. The number of aryl methyl sites for hydroxylation is 1. The molecular formula is C11H11NO4S. The summed E-state index contributed by atoms with van der Waals surface area (Å²) in [6.45, 7) is 1.93. The number of aromatic nitrogens is 1. The van der Waals surface area contributed by atoms with E-state index in [0.29, 0.717) is 12.2 Å². The smallest absolute Gasteiger partial charge is 0.437 e. The molecule has 2 rings (SSSR count). The van der Waals surface area contributed by atoms with Crippen molar-refractivity contribution < 1.29 is 14.3 Å². The molecule has 1 aromatic heterocycles. The molecule has 0 amide bonds. The highest BCUT2D eigenvalue weighted by molar-refractivity contribution is 7.16. The van der Waals surface area contributed by atoms with E-state index in [9.17, 15) is 9.59 Å². The number of carbonyl (C=O) groups excluding carboxylic acids is 1. The van der Waals surface area contributed by atoms with Crippen molar-refractivity contribution in [2.45, 2.75) is 13.3 Å². The number of H-pyrrole nitrogens is 1. The number of hydrogen-bond acceptors (Lipinski definition) is 5. The lowest BCUT2D eigenvalue weighted by Gasteiger charge is -2.08. The standard InChI is InChI=1S/C11H11NO4S/c1-3-6-7(16-11(14)15-2)4-5-8-9(6)12-10(13)17-8/h4-5H,3H2,1-2H3,(H,12,13). The van der Waals surface area contributed by atoms with Crippen LogP contribution < -0.4 is 9.61 Å². The molecule has 90 valence electrons. The number of thiazole rings is 1. The molecule has 0 saturated heterocycles. The van der Waals surface area contributed by atoms with E-state index in [4.69, 9.17) is 4.74 Å². The maximum absolute atomic E-state index is 11.3. The molecule has 2 aromatic rings. The first-order valence-corrected chi connectivity index (χ1v) is 5.87. The largest absolute Gasteiger partial charge is 0.513 e. The molecule has 5 nitrogen and oxygen atoms in total. The van der Waals surface area contributed by atoms with Crippen LogP contribution in [-0.4, -0.2) is 18.2 Å². The topological polar surface area (TPSA) is 68.4 Å². The van der Waals surface area contributed by atoms with Gasteiger partial charge in [-0.15, -0.1) is 0 Å². The zero-order valence-electron chi connectivity index (χ0n) is 9.40. The van der Waals surface area contributed by atoms with Gasteiger partial charge in [-0.3, -0.25) is 4.79 Å². The van der Waals surface area contributed by atoms with Gasteiger partial charge < -0.3 is 14.5 Å². The summed E-state index contributed by atoms with van der Waals surface area (Å²) in [5.74, 6) is 0.418. The molecule has 0 spiro atoms. The summed E-state index contributed by atoms with van der Waals surface area (Å²) in [5, 5.41) is 0. The van der Waals surface area contributed by atoms with Gasteiger partial charge in [0.05, 0.1) is 17.3 Å². The third kappa shape index (κ3) is 2.16. The minimum atomic E-state index is -0.767. The van der Waals surface area contributed by atoms with Crippen molar-refractivity contribution in [3.8, 4) is 5.75 Å². The van der Waals surface area contributed by atoms with Crippen LogP contribution in [0.15, 0.2) is 16.9 Å².